The predicted octanol–water partition coefficient (Wildman–Crippen LogP) is 5.34. The zero-order valence-corrected chi connectivity index (χ0v) is 19.4. The van der Waals surface area contributed by atoms with Crippen molar-refractivity contribution in [2.24, 2.45) is 0 Å². The second kappa shape index (κ2) is 8.36. The molecule has 0 saturated heterocycles. The lowest BCUT2D eigenvalue weighted by Crippen LogP contribution is -2.36. The lowest BCUT2D eigenvalue weighted by molar-refractivity contribution is -0.137. The Morgan fingerprint density at radius 2 is 1.55 bits per heavy atom. The van der Waals surface area contributed by atoms with Gasteiger partial charge in [-0.3, -0.25) is 14.5 Å². The van der Waals surface area contributed by atoms with Crippen molar-refractivity contribution in [3.05, 3.63) is 106 Å². The van der Waals surface area contributed by atoms with Crippen molar-refractivity contribution < 1.29 is 9.59 Å². The largest absolute Gasteiger partial charge is 0.336 e. The van der Waals surface area contributed by atoms with Crippen LogP contribution in [0.2, 0.25) is 0 Å². The Bertz CT molecular complexity index is 1290. The van der Waals surface area contributed by atoms with Crippen LogP contribution in [0.25, 0.3) is 5.57 Å². The summed E-state index contributed by atoms with van der Waals surface area (Å²) < 4.78 is 0. The molecule has 0 unspecified atom stereocenters. The number of imide groups is 1. The van der Waals surface area contributed by atoms with Crippen molar-refractivity contribution >= 4 is 23.1 Å². The van der Waals surface area contributed by atoms with Crippen LogP contribution in [0.4, 0.5) is 5.69 Å². The summed E-state index contributed by atoms with van der Waals surface area (Å²) in [5, 5.41) is 0. The van der Waals surface area contributed by atoms with Crippen molar-refractivity contribution in [2.75, 3.05) is 11.4 Å². The molecule has 0 spiro atoms. The number of rotatable bonds is 4. The summed E-state index contributed by atoms with van der Waals surface area (Å²) in [4.78, 5) is 31.2. The second-order valence-electron chi connectivity index (χ2n) is 9.11. The SMILES string of the molecule is Cc1ccc(CN2C(=O)C(c3ccc(C)cc3C)=C(N3CCCc4ccccc43)C2=O)cc1. The fourth-order valence-corrected chi connectivity index (χ4v) is 4.94. The predicted molar refractivity (Wildman–Crippen MR) is 132 cm³/mol. The zero-order chi connectivity index (χ0) is 23.1. The van der Waals surface area contributed by atoms with Gasteiger partial charge in [-0.25, -0.2) is 0 Å². The van der Waals surface area contributed by atoms with E-state index in [1.165, 1.54) is 10.5 Å². The molecule has 4 nitrogen and oxygen atoms in total. The number of carbonyl (C=O) groups is 2. The fourth-order valence-electron chi connectivity index (χ4n) is 4.94. The molecule has 0 radical (unpaired) electrons. The lowest BCUT2D eigenvalue weighted by Gasteiger charge is -2.32. The molecule has 2 amide bonds. The van der Waals surface area contributed by atoms with Crippen LogP contribution in [0.5, 0.6) is 0 Å². The smallest absolute Gasteiger partial charge is 0.278 e. The fraction of sp³-hybridized carbons (Fsp3) is 0.241. The molecule has 0 aromatic heterocycles. The van der Waals surface area contributed by atoms with Crippen LogP contribution in [0, 0.1) is 20.8 Å². The molecule has 0 aliphatic carbocycles. The molecule has 5 rings (SSSR count). The summed E-state index contributed by atoms with van der Waals surface area (Å²) in [6.07, 6.45) is 1.92. The number of anilines is 1. The highest BCUT2D eigenvalue weighted by Gasteiger charge is 2.43. The van der Waals surface area contributed by atoms with Crippen LogP contribution in [-0.2, 0) is 22.6 Å². The van der Waals surface area contributed by atoms with Crippen LogP contribution >= 0.6 is 0 Å². The molecule has 3 aromatic rings. The van der Waals surface area contributed by atoms with E-state index in [1.807, 2.05) is 69.3 Å². The number of aryl methyl sites for hydroxylation is 4. The molecule has 0 bridgehead atoms. The van der Waals surface area contributed by atoms with Gasteiger partial charge in [0, 0.05) is 12.2 Å². The highest BCUT2D eigenvalue weighted by Crippen LogP contribution is 2.39. The molecule has 2 heterocycles. The van der Waals surface area contributed by atoms with E-state index in [4.69, 9.17) is 0 Å². The molecule has 0 saturated carbocycles. The Morgan fingerprint density at radius 3 is 2.30 bits per heavy atom. The summed E-state index contributed by atoms with van der Waals surface area (Å²) >= 11 is 0. The van der Waals surface area contributed by atoms with E-state index < -0.39 is 0 Å². The van der Waals surface area contributed by atoms with Gasteiger partial charge >= 0.3 is 0 Å². The maximum Gasteiger partial charge on any atom is 0.278 e. The minimum atomic E-state index is -0.217. The molecule has 2 aliphatic rings. The minimum Gasteiger partial charge on any atom is -0.336 e. The van der Waals surface area contributed by atoms with Crippen molar-refractivity contribution in [1.29, 1.82) is 0 Å². The molecule has 3 aromatic carbocycles. The van der Waals surface area contributed by atoms with Gasteiger partial charge in [-0.05, 0) is 61.9 Å². The van der Waals surface area contributed by atoms with E-state index in [-0.39, 0.29) is 18.4 Å². The molecular weight excluding hydrogens is 408 g/mol. The summed E-state index contributed by atoms with van der Waals surface area (Å²) in [6.45, 7) is 7.07. The van der Waals surface area contributed by atoms with E-state index in [1.54, 1.807) is 0 Å². The number of hydrogen-bond acceptors (Lipinski definition) is 3. The molecule has 166 valence electrons. The van der Waals surface area contributed by atoms with Gasteiger partial charge in [0.25, 0.3) is 11.8 Å². The average molecular weight is 437 g/mol. The maximum atomic E-state index is 13.9. The molecule has 0 N–H and O–H groups in total. The Morgan fingerprint density at radius 1 is 0.818 bits per heavy atom. The summed E-state index contributed by atoms with van der Waals surface area (Å²) in [5.74, 6) is -0.433. The Balaban J connectivity index is 1.64. The number of para-hydroxylation sites is 1. The van der Waals surface area contributed by atoms with E-state index in [9.17, 15) is 9.59 Å². The van der Waals surface area contributed by atoms with Crippen LogP contribution in [-0.4, -0.2) is 23.3 Å². The number of nitrogens with zero attached hydrogens (tertiary/aromatic N) is 2. The third-order valence-corrected chi connectivity index (χ3v) is 6.64. The molecule has 4 heteroatoms. The third-order valence-electron chi connectivity index (χ3n) is 6.64. The third kappa shape index (κ3) is 3.76. The van der Waals surface area contributed by atoms with Gasteiger partial charge in [-0.1, -0.05) is 71.8 Å². The minimum absolute atomic E-state index is 0.216. The Hall–Kier alpha value is -3.66. The van der Waals surface area contributed by atoms with Crippen LogP contribution in [0.15, 0.2) is 72.4 Å². The van der Waals surface area contributed by atoms with Crippen molar-refractivity contribution in [1.82, 2.24) is 4.90 Å². The first-order valence-electron chi connectivity index (χ1n) is 11.5. The van der Waals surface area contributed by atoms with Gasteiger partial charge < -0.3 is 4.90 Å². The Labute approximate surface area is 195 Å². The number of amides is 2. The van der Waals surface area contributed by atoms with E-state index in [0.29, 0.717) is 11.3 Å². The number of hydrogen-bond donors (Lipinski definition) is 0. The van der Waals surface area contributed by atoms with Crippen LogP contribution < -0.4 is 4.90 Å². The van der Waals surface area contributed by atoms with Gasteiger partial charge in [0.2, 0.25) is 0 Å². The van der Waals surface area contributed by atoms with E-state index >= 15 is 0 Å². The number of carbonyl (C=O) groups excluding carboxylic acids is 2. The van der Waals surface area contributed by atoms with E-state index in [2.05, 4.69) is 23.1 Å². The number of fused-ring (bicyclic) bond motifs is 1. The number of benzene rings is 3. The van der Waals surface area contributed by atoms with Crippen molar-refractivity contribution in [2.45, 2.75) is 40.2 Å². The van der Waals surface area contributed by atoms with Gasteiger partial charge in [-0.15, -0.1) is 0 Å². The standard InChI is InChI=1S/C29H28N2O2/c1-19-10-13-22(14-11-19)18-31-28(32)26(24-15-12-20(2)17-21(24)3)27(29(31)33)30-16-6-8-23-7-4-5-9-25(23)30/h4-5,7,9-15,17H,6,8,16,18H2,1-3H3. The first-order chi connectivity index (χ1) is 15.9. The van der Waals surface area contributed by atoms with Gasteiger partial charge in [0.15, 0.2) is 0 Å². The quantitative estimate of drug-likeness (QED) is 0.518. The van der Waals surface area contributed by atoms with Gasteiger partial charge in [0.1, 0.15) is 5.70 Å². The molecule has 0 fully saturated rings. The first kappa shape index (κ1) is 21.2. The van der Waals surface area contributed by atoms with Crippen molar-refractivity contribution in [3.8, 4) is 0 Å². The topological polar surface area (TPSA) is 40.6 Å². The maximum absolute atomic E-state index is 13.9. The highest BCUT2D eigenvalue weighted by molar-refractivity contribution is 6.37. The average Bonchev–Trinajstić information content (AvgIpc) is 3.05. The van der Waals surface area contributed by atoms with Crippen LogP contribution in [0.3, 0.4) is 0 Å². The van der Waals surface area contributed by atoms with E-state index in [0.717, 1.165) is 52.9 Å². The van der Waals surface area contributed by atoms with Gasteiger partial charge in [0.05, 0.1) is 12.1 Å². The Kier molecular flexibility index (Phi) is 5.37. The second-order valence-corrected chi connectivity index (χ2v) is 9.11. The molecular formula is C29H28N2O2. The summed E-state index contributed by atoms with van der Waals surface area (Å²) in [7, 11) is 0. The molecule has 2 aliphatic heterocycles. The highest BCUT2D eigenvalue weighted by atomic mass is 16.2. The zero-order valence-electron chi connectivity index (χ0n) is 19.4. The molecule has 33 heavy (non-hydrogen) atoms. The van der Waals surface area contributed by atoms with Gasteiger partial charge in [-0.2, -0.15) is 0 Å². The summed E-state index contributed by atoms with van der Waals surface area (Å²) in [5.41, 5.74) is 8.34. The molecule has 0 atom stereocenters. The summed E-state index contributed by atoms with van der Waals surface area (Å²) in [6, 6.07) is 22.3. The normalized spacial score (nSPS) is 16.0. The first-order valence-corrected chi connectivity index (χ1v) is 11.5. The lowest BCUT2D eigenvalue weighted by atomic mass is 9.95. The monoisotopic (exact) mass is 436 g/mol. The van der Waals surface area contributed by atoms with Crippen molar-refractivity contribution in [3.63, 3.8) is 0 Å². The van der Waals surface area contributed by atoms with Crippen LogP contribution in [0.1, 0.15) is 39.8 Å².